The first-order chi connectivity index (χ1) is 13.5. The van der Waals surface area contributed by atoms with Gasteiger partial charge in [-0.1, -0.05) is 60.8 Å². The lowest BCUT2D eigenvalue weighted by molar-refractivity contribution is -0.106. The Kier molecular flexibility index (Phi) is 11.9. The van der Waals surface area contributed by atoms with E-state index < -0.39 is 0 Å². The monoisotopic (exact) mass is 415 g/mol. The second kappa shape index (κ2) is 14.0. The van der Waals surface area contributed by atoms with Gasteiger partial charge in [0.2, 0.25) is 6.41 Å². The number of methoxy groups -OCH3 is 1. The second-order valence-electron chi connectivity index (χ2n) is 6.26. The number of hydrogen-bond donors (Lipinski definition) is 1. The van der Waals surface area contributed by atoms with E-state index in [1.165, 1.54) is 16.7 Å². The molecule has 1 unspecified atom stereocenters. The van der Waals surface area contributed by atoms with Crippen molar-refractivity contribution in [3.05, 3.63) is 77.4 Å². The van der Waals surface area contributed by atoms with E-state index in [4.69, 9.17) is 21.7 Å². The third-order valence-electron chi connectivity index (χ3n) is 4.17. The van der Waals surface area contributed by atoms with Gasteiger partial charge in [-0.3, -0.25) is 4.79 Å². The molecule has 0 radical (unpaired) electrons. The third kappa shape index (κ3) is 9.72. The van der Waals surface area contributed by atoms with Gasteiger partial charge in [0, 0.05) is 15.9 Å². The summed E-state index contributed by atoms with van der Waals surface area (Å²) in [5.41, 5.74) is 8.10. The minimum Gasteiger partial charge on any atom is -0.497 e. The van der Waals surface area contributed by atoms with Crippen LogP contribution in [0.15, 0.2) is 66.2 Å². The third-order valence-corrected chi connectivity index (χ3v) is 5.80. The average Bonchev–Trinajstić information content (AvgIpc) is 2.71. The maximum atomic E-state index is 8.58. The lowest BCUT2D eigenvalue weighted by atomic mass is 10.1. The van der Waals surface area contributed by atoms with Crippen molar-refractivity contribution in [3.63, 3.8) is 0 Å². The Morgan fingerprint density at radius 2 is 1.71 bits per heavy atom. The molecule has 0 fully saturated rings. The molecule has 0 saturated heterocycles. The van der Waals surface area contributed by atoms with Crippen LogP contribution < -0.4 is 10.5 Å². The molecule has 0 spiro atoms. The zero-order valence-corrected chi connectivity index (χ0v) is 18.4. The Labute approximate surface area is 178 Å². The van der Waals surface area contributed by atoms with Crippen LogP contribution in [0.4, 0.5) is 0 Å². The number of amides is 1. The molecule has 2 aromatic rings. The summed E-state index contributed by atoms with van der Waals surface area (Å²) in [5.74, 6) is 1.93. The van der Waals surface area contributed by atoms with Gasteiger partial charge in [-0.15, -0.1) is 11.8 Å². The van der Waals surface area contributed by atoms with E-state index in [-0.39, 0.29) is 6.41 Å². The number of ether oxygens (including phenoxy) is 1. The number of nitrogens with two attached hydrogens (primary N) is 1. The van der Waals surface area contributed by atoms with Gasteiger partial charge < -0.3 is 10.5 Å². The predicted molar refractivity (Wildman–Crippen MR) is 125 cm³/mol. The molecule has 3 nitrogen and oxygen atoms in total. The van der Waals surface area contributed by atoms with Crippen LogP contribution in [0.3, 0.4) is 0 Å². The summed E-state index contributed by atoms with van der Waals surface area (Å²) < 4.78 is 5.23. The molecular weight excluding hydrogens is 386 g/mol. The number of thioether (sulfide) groups is 1. The Hall–Kier alpha value is -2.11. The van der Waals surface area contributed by atoms with Gasteiger partial charge in [0.05, 0.1) is 7.11 Å². The van der Waals surface area contributed by atoms with Crippen LogP contribution in [0.25, 0.3) is 0 Å². The second-order valence-corrected chi connectivity index (χ2v) is 8.10. The Morgan fingerprint density at radius 1 is 1.11 bits per heavy atom. The quantitative estimate of drug-likeness (QED) is 0.340. The fourth-order valence-electron chi connectivity index (χ4n) is 2.49. The molecule has 0 saturated carbocycles. The molecule has 150 valence electrons. The first-order valence-electron chi connectivity index (χ1n) is 9.13. The summed E-state index contributed by atoms with van der Waals surface area (Å²) in [4.78, 5) is 9.56. The van der Waals surface area contributed by atoms with Gasteiger partial charge in [0.15, 0.2) is 0 Å². The zero-order chi connectivity index (χ0) is 20.8. The van der Waals surface area contributed by atoms with E-state index in [9.17, 15) is 0 Å². The number of hydrogen-bond acceptors (Lipinski definition) is 4. The standard InChI is InChI=1S/C22H26OS2.CH3NO/c1-17(18(2)24)15-22(25-16-20-7-5-4-6-8-20)14-11-19-9-12-21(23-3)13-10-19;2-1-3/h4-10,12-13,15,22H,11,14,16H2,1-3H3;1H,(H2,2,3)/b17-15-;. The molecule has 0 aliphatic heterocycles. The molecular formula is C23H29NO2S2. The van der Waals surface area contributed by atoms with Crippen LogP contribution in [-0.4, -0.2) is 23.6 Å². The number of primary amides is 1. The molecule has 1 atom stereocenters. The summed E-state index contributed by atoms with van der Waals surface area (Å²) in [7, 11) is 1.70. The number of aryl methyl sites for hydroxylation is 1. The summed E-state index contributed by atoms with van der Waals surface area (Å²) in [5, 5.41) is 0.459. The van der Waals surface area contributed by atoms with Crippen molar-refractivity contribution < 1.29 is 9.53 Å². The Bertz CT molecular complexity index is 743. The Balaban J connectivity index is 0.00000122. The first-order valence-corrected chi connectivity index (χ1v) is 10.6. The predicted octanol–water partition coefficient (Wildman–Crippen LogP) is 5.37. The van der Waals surface area contributed by atoms with Crippen LogP contribution in [0, 0.1) is 0 Å². The fourth-order valence-corrected chi connectivity index (χ4v) is 3.74. The molecule has 0 aromatic heterocycles. The lowest BCUT2D eigenvalue weighted by Crippen LogP contribution is -2.05. The Morgan fingerprint density at radius 3 is 2.25 bits per heavy atom. The van der Waals surface area contributed by atoms with Crippen molar-refractivity contribution in [2.24, 2.45) is 5.73 Å². The number of benzene rings is 2. The van der Waals surface area contributed by atoms with Crippen LogP contribution in [-0.2, 0) is 17.0 Å². The molecule has 5 heteroatoms. The highest BCUT2D eigenvalue weighted by Crippen LogP contribution is 2.25. The number of carbonyl (C=O) groups excluding carboxylic acids is 1. The number of rotatable bonds is 9. The number of thiocarbonyl (C=S) groups is 1. The van der Waals surface area contributed by atoms with E-state index in [2.05, 4.69) is 61.2 Å². The fraction of sp³-hybridized carbons (Fsp3) is 0.304. The molecule has 0 bridgehead atoms. The van der Waals surface area contributed by atoms with Crippen LogP contribution in [0.5, 0.6) is 5.75 Å². The summed E-state index contributed by atoms with van der Waals surface area (Å²) in [6.45, 7) is 4.12. The largest absolute Gasteiger partial charge is 0.497 e. The smallest absolute Gasteiger partial charge is 0.204 e. The maximum absolute atomic E-state index is 8.58. The molecule has 2 N–H and O–H groups in total. The topological polar surface area (TPSA) is 52.3 Å². The van der Waals surface area contributed by atoms with E-state index in [1.54, 1.807) is 7.11 Å². The highest BCUT2D eigenvalue weighted by molar-refractivity contribution is 7.99. The normalized spacial score (nSPS) is 11.8. The van der Waals surface area contributed by atoms with Crippen LogP contribution >= 0.6 is 24.0 Å². The van der Waals surface area contributed by atoms with Gasteiger partial charge in [-0.25, -0.2) is 0 Å². The van der Waals surface area contributed by atoms with Gasteiger partial charge >= 0.3 is 0 Å². The first kappa shape index (κ1) is 23.9. The molecule has 0 aliphatic rings. The summed E-state index contributed by atoms with van der Waals surface area (Å²) in [6, 6.07) is 19.0. The average molecular weight is 416 g/mol. The van der Waals surface area contributed by atoms with E-state index in [0.717, 1.165) is 29.2 Å². The molecule has 28 heavy (non-hydrogen) atoms. The highest BCUT2D eigenvalue weighted by atomic mass is 32.2. The van der Waals surface area contributed by atoms with Crippen molar-refractivity contribution in [1.29, 1.82) is 0 Å². The van der Waals surface area contributed by atoms with Crippen molar-refractivity contribution >= 4 is 35.3 Å². The summed E-state index contributed by atoms with van der Waals surface area (Å²) in [6.07, 6.45) is 4.74. The maximum Gasteiger partial charge on any atom is 0.204 e. The highest BCUT2D eigenvalue weighted by Gasteiger charge is 2.09. The van der Waals surface area contributed by atoms with Crippen molar-refractivity contribution in [2.45, 2.75) is 37.7 Å². The molecule has 0 aliphatic carbocycles. The van der Waals surface area contributed by atoms with Gasteiger partial charge in [0.25, 0.3) is 0 Å². The molecule has 2 aromatic carbocycles. The number of allylic oxidation sites excluding steroid dienone is 1. The summed E-state index contributed by atoms with van der Waals surface area (Å²) >= 11 is 7.31. The molecule has 0 heterocycles. The van der Waals surface area contributed by atoms with Crippen LogP contribution in [0.1, 0.15) is 31.4 Å². The van der Waals surface area contributed by atoms with Gasteiger partial charge in [0.1, 0.15) is 5.75 Å². The lowest BCUT2D eigenvalue weighted by Gasteiger charge is -2.15. The molecule has 1 amide bonds. The molecule has 2 rings (SSSR count). The minimum atomic E-state index is 0.250. The SMILES string of the molecule is COc1ccc(CCC(/C=C(/C)C(C)=S)SCc2ccccc2)cc1.NC=O. The minimum absolute atomic E-state index is 0.250. The number of carbonyl (C=O) groups is 1. The van der Waals surface area contributed by atoms with Crippen molar-refractivity contribution in [3.8, 4) is 5.75 Å². The van der Waals surface area contributed by atoms with Crippen molar-refractivity contribution in [1.82, 2.24) is 0 Å². The van der Waals surface area contributed by atoms with Gasteiger partial charge in [-0.2, -0.15) is 0 Å². The van der Waals surface area contributed by atoms with Crippen molar-refractivity contribution in [2.75, 3.05) is 7.11 Å². The van der Waals surface area contributed by atoms with E-state index >= 15 is 0 Å². The van der Waals surface area contributed by atoms with Crippen LogP contribution in [0.2, 0.25) is 0 Å². The van der Waals surface area contributed by atoms with Gasteiger partial charge in [-0.05, 0) is 55.5 Å². The zero-order valence-electron chi connectivity index (χ0n) is 16.8. The van der Waals surface area contributed by atoms with E-state index in [1.807, 2.05) is 30.8 Å². The van der Waals surface area contributed by atoms with E-state index in [0.29, 0.717) is 5.25 Å².